The van der Waals surface area contributed by atoms with Gasteiger partial charge in [0, 0.05) is 23.8 Å². The minimum atomic E-state index is -0.703. The number of halogens is 1. The summed E-state index contributed by atoms with van der Waals surface area (Å²) in [6, 6.07) is 6.72. The number of benzene rings is 1. The van der Waals surface area contributed by atoms with Gasteiger partial charge in [0.05, 0.1) is 22.9 Å². The Morgan fingerprint density at radius 1 is 1.28 bits per heavy atom. The molecule has 7 nitrogen and oxygen atoms in total. The number of hydrogen-bond donors (Lipinski definition) is 1. The van der Waals surface area contributed by atoms with Crippen LogP contribution >= 0.6 is 15.9 Å². The molecule has 0 unspecified atom stereocenters. The van der Waals surface area contributed by atoms with E-state index in [9.17, 15) is 14.7 Å². The maximum atomic E-state index is 12.9. The first-order valence-corrected chi connectivity index (χ1v) is 9.99. The maximum absolute atomic E-state index is 12.9. The van der Waals surface area contributed by atoms with Crippen LogP contribution in [-0.4, -0.2) is 63.7 Å². The van der Waals surface area contributed by atoms with E-state index in [1.807, 2.05) is 43.3 Å². The molecule has 1 aliphatic rings. The highest BCUT2D eigenvalue weighted by Gasteiger charge is 2.46. The molecule has 1 saturated heterocycles. The second-order valence-electron chi connectivity index (χ2n) is 7.27. The van der Waals surface area contributed by atoms with Crippen LogP contribution < -0.4 is 0 Å². The molecular weight excluding hydrogens is 436 g/mol. The van der Waals surface area contributed by atoms with E-state index in [-0.39, 0.29) is 11.3 Å². The van der Waals surface area contributed by atoms with Crippen LogP contribution in [0.4, 0.5) is 0 Å². The van der Waals surface area contributed by atoms with Crippen LogP contribution in [0.25, 0.3) is 5.76 Å². The van der Waals surface area contributed by atoms with Crippen molar-refractivity contribution < 1.29 is 14.7 Å². The number of rotatable bonds is 5. The molecule has 0 saturated carbocycles. The van der Waals surface area contributed by atoms with Crippen LogP contribution in [0.3, 0.4) is 0 Å². The molecule has 2 heterocycles. The van der Waals surface area contributed by atoms with E-state index in [0.717, 1.165) is 10.0 Å². The normalized spacial score (nSPS) is 18.7. The van der Waals surface area contributed by atoms with Crippen LogP contribution in [0.15, 0.2) is 40.5 Å². The smallest absolute Gasteiger partial charge is 0.295 e. The molecule has 0 spiro atoms. The molecule has 1 aromatic carbocycles. The predicted molar refractivity (Wildman–Crippen MR) is 113 cm³/mol. The van der Waals surface area contributed by atoms with Crippen molar-refractivity contribution in [3.05, 3.63) is 63.2 Å². The molecular formula is C21H23BrN4O3. The summed E-state index contributed by atoms with van der Waals surface area (Å²) in [6.45, 7) is 4.43. The molecule has 3 rings (SSSR count). The van der Waals surface area contributed by atoms with Crippen molar-refractivity contribution in [1.29, 1.82) is 0 Å². The number of likely N-dealkylation sites (N-methyl/N-ethyl adjacent to an activating group) is 1. The number of carbonyl (C=O) groups is 2. The van der Waals surface area contributed by atoms with Gasteiger partial charge in [-0.3, -0.25) is 9.59 Å². The summed E-state index contributed by atoms with van der Waals surface area (Å²) in [5, 5.41) is 11.1. The Hall–Kier alpha value is -2.58. The SMILES string of the molecule is Cc1ncc(/C(O)=C2\C(=O)C(=O)N(CCN(C)C)[C@@H]2c2cccc(Br)c2)c(C)n1. The second kappa shape index (κ2) is 8.42. The van der Waals surface area contributed by atoms with Gasteiger partial charge in [-0.05, 0) is 45.6 Å². The fourth-order valence-electron chi connectivity index (χ4n) is 3.40. The zero-order chi connectivity index (χ0) is 21.3. The summed E-state index contributed by atoms with van der Waals surface area (Å²) < 4.78 is 0.822. The lowest BCUT2D eigenvalue weighted by atomic mass is 9.95. The Morgan fingerprint density at radius 3 is 2.62 bits per heavy atom. The predicted octanol–water partition coefficient (Wildman–Crippen LogP) is 2.84. The largest absolute Gasteiger partial charge is 0.507 e. The Kier molecular flexibility index (Phi) is 6.14. The lowest BCUT2D eigenvalue weighted by Crippen LogP contribution is -2.35. The fourth-order valence-corrected chi connectivity index (χ4v) is 3.82. The van der Waals surface area contributed by atoms with Gasteiger partial charge in [0.15, 0.2) is 0 Å². The molecule has 1 amide bonds. The monoisotopic (exact) mass is 458 g/mol. The molecule has 1 N–H and O–H groups in total. The highest BCUT2D eigenvalue weighted by Crippen LogP contribution is 2.40. The molecule has 0 bridgehead atoms. The van der Waals surface area contributed by atoms with Gasteiger partial charge in [0.2, 0.25) is 0 Å². The average molecular weight is 459 g/mol. The molecule has 0 aliphatic carbocycles. The third-order valence-corrected chi connectivity index (χ3v) is 5.34. The second-order valence-corrected chi connectivity index (χ2v) is 8.18. The van der Waals surface area contributed by atoms with Crippen LogP contribution in [-0.2, 0) is 9.59 Å². The number of hydrogen-bond acceptors (Lipinski definition) is 6. The zero-order valence-corrected chi connectivity index (χ0v) is 18.4. The van der Waals surface area contributed by atoms with E-state index < -0.39 is 17.7 Å². The van der Waals surface area contributed by atoms with E-state index in [4.69, 9.17) is 0 Å². The fraction of sp³-hybridized carbons (Fsp3) is 0.333. The van der Waals surface area contributed by atoms with Gasteiger partial charge in [-0.1, -0.05) is 28.1 Å². The first kappa shape index (κ1) is 21.1. The van der Waals surface area contributed by atoms with E-state index in [0.29, 0.717) is 30.2 Å². The third kappa shape index (κ3) is 4.23. The molecule has 29 heavy (non-hydrogen) atoms. The number of amides is 1. The van der Waals surface area contributed by atoms with Crippen molar-refractivity contribution >= 4 is 33.4 Å². The molecule has 1 atom stereocenters. The lowest BCUT2D eigenvalue weighted by Gasteiger charge is -2.26. The summed E-state index contributed by atoms with van der Waals surface area (Å²) >= 11 is 3.45. The minimum absolute atomic E-state index is 0.0578. The average Bonchev–Trinajstić information content (AvgIpc) is 2.90. The molecule has 1 aromatic heterocycles. The van der Waals surface area contributed by atoms with E-state index in [2.05, 4.69) is 25.9 Å². The maximum Gasteiger partial charge on any atom is 0.295 e. The van der Waals surface area contributed by atoms with Crippen molar-refractivity contribution in [2.24, 2.45) is 0 Å². The number of likely N-dealkylation sites (tertiary alicyclic amines) is 1. The number of ketones is 1. The van der Waals surface area contributed by atoms with Crippen LogP contribution in [0.5, 0.6) is 0 Å². The molecule has 1 aliphatic heterocycles. The number of aryl methyl sites for hydroxylation is 2. The zero-order valence-electron chi connectivity index (χ0n) is 16.8. The van der Waals surface area contributed by atoms with Crippen molar-refractivity contribution in [2.75, 3.05) is 27.2 Å². The number of aromatic nitrogens is 2. The van der Waals surface area contributed by atoms with Crippen LogP contribution in [0.2, 0.25) is 0 Å². The van der Waals surface area contributed by atoms with Gasteiger partial charge in [-0.15, -0.1) is 0 Å². The van der Waals surface area contributed by atoms with Crippen molar-refractivity contribution in [1.82, 2.24) is 19.8 Å². The van der Waals surface area contributed by atoms with E-state index in [1.54, 1.807) is 13.8 Å². The summed E-state index contributed by atoms with van der Waals surface area (Å²) in [5.41, 5.74) is 1.69. The Bertz CT molecular complexity index is 1000. The molecule has 1 fully saturated rings. The number of carbonyl (C=O) groups excluding carboxylic acids is 2. The van der Waals surface area contributed by atoms with Crippen molar-refractivity contribution in [2.45, 2.75) is 19.9 Å². The summed E-state index contributed by atoms with van der Waals surface area (Å²) in [7, 11) is 3.80. The Labute approximate surface area is 178 Å². The topological polar surface area (TPSA) is 86.6 Å². The summed E-state index contributed by atoms with van der Waals surface area (Å²) in [4.78, 5) is 37.7. The van der Waals surface area contributed by atoms with Crippen molar-refractivity contribution in [3.63, 3.8) is 0 Å². The molecule has 0 radical (unpaired) electrons. The Balaban J connectivity index is 2.19. The van der Waals surface area contributed by atoms with Gasteiger partial charge < -0.3 is 14.9 Å². The van der Waals surface area contributed by atoms with Gasteiger partial charge in [0.1, 0.15) is 11.6 Å². The van der Waals surface area contributed by atoms with Crippen LogP contribution in [0.1, 0.15) is 28.7 Å². The Morgan fingerprint density at radius 2 is 2.00 bits per heavy atom. The molecule has 2 aromatic rings. The first-order chi connectivity index (χ1) is 13.7. The standard InChI is InChI=1S/C21H23BrN4O3/c1-12-16(11-23-13(2)24-12)19(27)17-18(14-6-5-7-15(22)10-14)26(9-8-25(3)4)21(29)20(17)28/h5-7,10-11,18,27H,8-9H2,1-4H3/b19-17+/t18-/m1/s1. The molecule has 8 heteroatoms. The first-order valence-electron chi connectivity index (χ1n) is 9.20. The van der Waals surface area contributed by atoms with Crippen molar-refractivity contribution in [3.8, 4) is 0 Å². The van der Waals surface area contributed by atoms with Gasteiger partial charge >= 0.3 is 0 Å². The third-order valence-electron chi connectivity index (χ3n) is 4.85. The lowest BCUT2D eigenvalue weighted by molar-refractivity contribution is -0.140. The highest BCUT2D eigenvalue weighted by atomic mass is 79.9. The van der Waals surface area contributed by atoms with Crippen LogP contribution in [0, 0.1) is 13.8 Å². The number of nitrogens with zero attached hydrogens (tertiary/aromatic N) is 4. The molecule has 152 valence electrons. The van der Waals surface area contributed by atoms with Gasteiger partial charge in [-0.2, -0.15) is 0 Å². The van der Waals surface area contributed by atoms with Gasteiger partial charge in [-0.25, -0.2) is 9.97 Å². The number of aliphatic hydroxyl groups excluding tert-OH is 1. The number of Topliss-reactive ketones (excluding diaryl/α,β-unsaturated/α-hetero) is 1. The van der Waals surface area contributed by atoms with E-state index >= 15 is 0 Å². The van der Waals surface area contributed by atoms with E-state index in [1.165, 1.54) is 11.1 Å². The highest BCUT2D eigenvalue weighted by molar-refractivity contribution is 9.10. The van der Waals surface area contributed by atoms with Gasteiger partial charge in [0.25, 0.3) is 11.7 Å². The summed E-state index contributed by atoms with van der Waals surface area (Å²) in [6.07, 6.45) is 1.48. The summed E-state index contributed by atoms with van der Waals surface area (Å²) in [5.74, 6) is -1.01. The quantitative estimate of drug-likeness (QED) is 0.421. The number of aliphatic hydroxyl groups is 1. The minimum Gasteiger partial charge on any atom is -0.507 e.